The maximum atomic E-state index is 12.6. The maximum Gasteiger partial charge on any atom is 0.246 e. The summed E-state index contributed by atoms with van der Waals surface area (Å²) < 4.78 is 0. The van der Waals surface area contributed by atoms with Gasteiger partial charge in [0.15, 0.2) is 6.33 Å². The Kier molecular flexibility index (Phi) is 4.74. The van der Waals surface area contributed by atoms with Crippen molar-refractivity contribution in [1.29, 1.82) is 0 Å². The number of hydrogen-bond acceptors (Lipinski definition) is 5. The molecule has 2 heterocycles. The number of hydrogen-bond donors (Lipinski definition) is 0. The highest BCUT2D eigenvalue weighted by molar-refractivity contribution is 5.76. The zero-order valence-corrected chi connectivity index (χ0v) is 14.4. The van der Waals surface area contributed by atoms with Crippen molar-refractivity contribution in [2.75, 3.05) is 19.6 Å². The van der Waals surface area contributed by atoms with Crippen LogP contribution >= 0.6 is 0 Å². The molecule has 1 aliphatic heterocycles. The van der Waals surface area contributed by atoms with Crippen molar-refractivity contribution < 1.29 is 4.79 Å². The average molecular weight is 340 g/mol. The number of aromatic nitrogens is 4. The van der Waals surface area contributed by atoms with Crippen LogP contribution in [0.5, 0.6) is 0 Å². The van der Waals surface area contributed by atoms with Crippen LogP contribution in [0, 0.1) is 5.92 Å². The lowest BCUT2D eigenvalue weighted by atomic mass is 9.78. The van der Waals surface area contributed by atoms with Gasteiger partial charge in [-0.1, -0.05) is 36.8 Å². The first-order valence-electron chi connectivity index (χ1n) is 9.06. The van der Waals surface area contributed by atoms with Crippen LogP contribution in [0.15, 0.2) is 36.7 Å². The van der Waals surface area contributed by atoms with Gasteiger partial charge in [-0.05, 0) is 29.5 Å². The number of tetrazole rings is 1. The van der Waals surface area contributed by atoms with E-state index in [2.05, 4.69) is 50.6 Å². The summed E-state index contributed by atoms with van der Waals surface area (Å²) in [6.07, 6.45) is 5.24. The van der Waals surface area contributed by atoms with E-state index in [9.17, 15) is 4.79 Å². The predicted molar refractivity (Wildman–Crippen MR) is 92.4 cm³/mol. The van der Waals surface area contributed by atoms with E-state index < -0.39 is 0 Å². The lowest BCUT2D eigenvalue weighted by Crippen LogP contribution is -2.58. The highest BCUT2D eigenvalue weighted by Gasteiger charge is 2.37. The molecule has 1 saturated carbocycles. The molecular formula is C18H24N6O. The molecule has 1 atom stereocenters. The number of amides is 1. The smallest absolute Gasteiger partial charge is 0.246 e. The van der Waals surface area contributed by atoms with Crippen molar-refractivity contribution in [2.24, 2.45) is 5.92 Å². The Morgan fingerprint density at radius 2 is 2.00 bits per heavy atom. The summed E-state index contributed by atoms with van der Waals surface area (Å²) >= 11 is 0. The Balaban J connectivity index is 1.42. The SMILES string of the molecule is O=C(Cn1ncnn1)N1CCN(Cc2ccccc2)C(C2CCC2)C1. The Morgan fingerprint density at radius 1 is 1.16 bits per heavy atom. The predicted octanol–water partition coefficient (Wildman–Crippen LogP) is 1.19. The first-order valence-corrected chi connectivity index (χ1v) is 9.06. The van der Waals surface area contributed by atoms with Crippen molar-refractivity contribution in [3.63, 3.8) is 0 Å². The van der Waals surface area contributed by atoms with E-state index in [4.69, 9.17) is 0 Å². The molecule has 1 unspecified atom stereocenters. The van der Waals surface area contributed by atoms with Gasteiger partial charge in [-0.2, -0.15) is 4.80 Å². The van der Waals surface area contributed by atoms with E-state index >= 15 is 0 Å². The van der Waals surface area contributed by atoms with Crippen molar-refractivity contribution in [3.05, 3.63) is 42.2 Å². The van der Waals surface area contributed by atoms with Crippen molar-refractivity contribution in [2.45, 2.75) is 38.4 Å². The van der Waals surface area contributed by atoms with Crippen LogP contribution < -0.4 is 0 Å². The lowest BCUT2D eigenvalue weighted by molar-refractivity contribution is -0.136. The molecule has 25 heavy (non-hydrogen) atoms. The highest BCUT2D eigenvalue weighted by Crippen LogP contribution is 2.34. The second-order valence-corrected chi connectivity index (χ2v) is 7.02. The molecule has 7 heteroatoms. The second-order valence-electron chi connectivity index (χ2n) is 7.02. The molecular weight excluding hydrogens is 316 g/mol. The lowest BCUT2D eigenvalue weighted by Gasteiger charge is -2.47. The van der Waals surface area contributed by atoms with E-state index in [1.165, 1.54) is 35.9 Å². The molecule has 0 N–H and O–H groups in total. The third kappa shape index (κ3) is 3.71. The van der Waals surface area contributed by atoms with Crippen LogP contribution in [0.2, 0.25) is 0 Å². The first kappa shape index (κ1) is 16.2. The van der Waals surface area contributed by atoms with Gasteiger partial charge in [-0.3, -0.25) is 9.69 Å². The maximum absolute atomic E-state index is 12.6. The number of carbonyl (C=O) groups is 1. The fraction of sp³-hybridized carbons (Fsp3) is 0.556. The van der Waals surface area contributed by atoms with E-state index in [-0.39, 0.29) is 12.5 Å². The van der Waals surface area contributed by atoms with Crippen LogP contribution in [0.1, 0.15) is 24.8 Å². The molecule has 1 saturated heterocycles. The standard InChI is InChI=1S/C18H24N6O/c25-18(13-24-20-14-19-21-24)23-10-9-22(11-15-5-2-1-3-6-15)17(12-23)16-7-4-8-16/h1-3,5-6,14,16-17H,4,7-13H2. The minimum Gasteiger partial charge on any atom is -0.338 e. The minimum absolute atomic E-state index is 0.0849. The Morgan fingerprint density at radius 3 is 2.68 bits per heavy atom. The molecule has 0 spiro atoms. The molecule has 0 radical (unpaired) electrons. The van der Waals surface area contributed by atoms with Gasteiger partial charge < -0.3 is 4.90 Å². The van der Waals surface area contributed by atoms with E-state index in [1.54, 1.807) is 0 Å². The summed E-state index contributed by atoms with van der Waals surface area (Å²) in [6.45, 7) is 3.64. The van der Waals surface area contributed by atoms with Crippen molar-refractivity contribution in [1.82, 2.24) is 30.0 Å². The van der Waals surface area contributed by atoms with Crippen LogP contribution in [0.25, 0.3) is 0 Å². The minimum atomic E-state index is 0.0849. The highest BCUT2D eigenvalue weighted by atomic mass is 16.2. The quantitative estimate of drug-likeness (QED) is 0.818. The molecule has 1 aromatic carbocycles. The molecule has 2 aliphatic rings. The fourth-order valence-electron chi connectivity index (χ4n) is 3.84. The molecule has 132 valence electrons. The van der Waals surface area contributed by atoms with Gasteiger partial charge >= 0.3 is 0 Å². The van der Waals surface area contributed by atoms with Gasteiger partial charge in [0.05, 0.1) is 0 Å². The third-order valence-electron chi connectivity index (χ3n) is 5.48. The number of nitrogens with zero attached hydrogens (tertiary/aromatic N) is 6. The van der Waals surface area contributed by atoms with Crippen LogP contribution in [-0.2, 0) is 17.9 Å². The summed E-state index contributed by atoms with van der Waals surface area (Å²) in [6, 6.07) is 11.1. The number of benzene rings is 1. The molecule has 1 amide bonds. The van der Waals surface area contributed by atoms with Crippen LogP contribution in [-0.4, -0.2) is 61.6 Å². The topological polar surface area (TPSA) is 67.2 Å². The molecule has 2 aromatic rings. The molecule has 0 bridgehead atoms. The van der Waals surface area contributed by atoms with E-state index in [1.807, 2.05) is 4.90 Å². The van der Waals surface area contributed by atoms with Crippen LogP contribution in [0.4, 0.5) is 0 Å². The number of rotatable bonds is 5. The van der Waals surface area contributed by atoms with E-state index in [0.29, 0.717) is 12.0 Å². The Bertz CT molecular complexity index is 685. The number of piperazine rings is 1. The van der Waals surface area contributed by atoms with Crippen molar-refractivity contribution in [3.8, 4) is 0 Å². The number of carbonyl (C=O) groups excluding carboxylic acids is 1. The largest absolute Gasteiger partial charge is 0.338 e. The Labute approximate surface area is 147 Å². The molecule has 4 rings (SSSR count). The first-order chi connectivity index (χ1) is 12.3. The van der Waals surface area contributed by atoms with Gasteiger partial charge in [-0.25, -0.2) is 0 Å². The summed E-state index contributed by atoms with van der Waals surface area (Å²) in [4.78, 5) is 18.5. The summed E-state index contributed by atoms with van der Waals surface area (Å²) in [5.41, 5.74) is 1.35. The van der Waals surface area contributed by atoms with Gasteiger partial charge in [0, 0.05) is 32.2 Å². The molecule has 1 aliphatic carbocycles. The third-order valence-corrected chi connectivity index (χ3v) is 5.48. The second kappa shape index (κ2) is 7.31. The molecule has 7 nitrogen and oxygen atoms in total. The zero-order chi connectivity index (χ0) is 17.1. The monoisotopic (exact) mass is 340 g/mol. The van der Waals surface area contributed by atoms with Crippen LogP contribution in [0.3, 0.4) is 0 Å². The normalized spacial score (nSPS) is 21.9. The Hall–Kier alpha value is -2.28. The van der Waals surface area contributed by atoms with Crippen molar-refractivity contribution >= 4 is 5.91 Å². The average Bonchev–Trinajstić information content (AvgIpc) is 3.08. The van der Waals surface area contributed by atoms with Gasteiger partial charge in [0.25, 0.3) is 0 Å². The summed E-state index contributed by atoms with van der Waals surface area (Å²) in [5, 5.41) is 11.4. The van der Waals surface area contributed by atoms with Gasteiger partial charge in [-0.15, -0.1) is 10.2 Å². The van der Waals surface area contributed by atoms with E-state index in [0.717, 1.165) is 26.2 Å². The van der Waals surface area contributed by atoms with Gasteiger partial charge in [0.2, 0.25) is 5.91 Å². The summed E-state index contributed by atoms with van der Waals surface area (Å²) in [5.74, 6) is 0.797. The van der Waals surface area contributed by atoms with Gasteiger partial charge in [0.1, 0.15) is 6.54 Å². The zero-order valence-electron chi connectivity index (χ0n) is 14.4. The fourth-order valence-corrected chi connectivity index (χ4v) is 3.84. The molecule has 2 fully saturated rings. The molecule has 1 aromatic heterocycles. The summed E-state index contributed by atoms with van der Waals surface area (Å²) in [7, 11) is 0.